The van der Waals surface area contributed by atoms with E-state index >= 15 is 0 Å². The minimum Gasteiger partial charge on any atom is -0.341 e. The molecule has 0 radical (unpaired) electrons. The summed E-state index contributed by atoms with van der Waals surface area (Å²) >= 11 is 2.23. The zero-order valence-corrected chi connectivity index (χ0v) is 19.0. The quantitative estimate of drug-likeness (QED) is 0.634. The Morgan fingerprint density at radius 2 is 1.57 bits per heavy atom. The van der Waals surface area contributed by atoms with Crippen LogP contribution in [0.25, 0.3) is 0 Å². The summed E-state index contributed by atoms with van der Waals surface area (Å²) in [5.74, 6) is 1.46. The summed E-state index contributed by atoms with van der Waals surface area (Å²) in [5.41, 5.74) is 0.863. The number of anilines is 1. The van der Waals surface area contributed by atoms with Gasteiger partial charge < -0.3 is 10.2 Å². The molecule has 2 saturated heterocycles. The number of hydrogen-bond acceptors (Lipinski definition) is 4. The van der Waals surface area contributed by atoms with Gasteiger partial charge in [0.2, 0.25) is 11.8 Å². The number of carbonyl (C=O) groups excluding carboxylic acids is 2. The molecule has 2 amide bonds. The summed E-state index contributed by atoms with van der Waals surface area (Å²) in [5, 5.41) is 2.99. The molecule has 2 fully saturated rings. The normalized spacial score (nSPS) is 24.2. The minimum atomic E-state index is 0.0185. The summed E-state index contributed by atoms with van der Waals surface area (Å²) in [6.45, 7) is 10.5. The molecule has 1 aromatic carbocycles. The molecule has 0 aromatic heterocycles. The number of para-hydroxylation sites is 1. The highest BCUT2D eigenvalue weighted by atomic mass is 127. The topological polar surface area (TPSA) is 55.9 Å². The van der Waals surface area contributed by atoms with Crippen molar-refractivity contribution >= 4 is 40.1 Å². The van der Waals surface area contributed by atoms with Gasteiger partial charge in [-0.05, 0) is 53.0 Å². The fourth-order valence-electron chi connectivity index (χ4n) is 4.22. The number of carbonyl (C=O) groups is 2. The van der Waals surface area contributed by atoms with E-state index in [-0.39, 0.29) is 11.8 Å². The SMILES string of the molecule is C[C@@H]1C[C@H](C)CN(C(=O)CN2CCN(CC(=O)Nc3ccccc3I)CC2)C1. The van der Waals surface area contributed by atoms with E-state index in [1.165, 1.54) is 6.42 Å². The number of hydrogen-bond donors (Lipinski definition) is 1. The average Bonchev–Trinajstić information content (AvgIpc) is 2.64. The van der Waals surface area contributed by atoms with Crippen LogP contribution in [0.2, 0.25) is 0 Å². The molecule has 154 valence electrons. The number of amides is 2. The monoisotopic (exact) mass is 498 g/mol. The van der Waals surface area contributed by atoms with Crippen LogP contribution < -0.4 is 5.32 Å². The molecule has 1 aromatic rings. The summed E-state index contributed by atoms with van der Waals surface area (Å²) in [4.78, 5) is 31.4. The second-order valence-corrected chi connectivity index (χ2v) is 9.49. The molecule has 2 atom stereocenters. The summed E-state index contributed by atoms with van der Waals surface area (Å²) < 4.78 is 1.04. The molecule has 2 aliphatic rings. The van der Waals surface area contributed by atoms with E-state index in [2.05, 4.69) is 51.6 Å². The van der Waals surface area contributed by atoms with Crippen LogP contribution in [0, 0.1) is 15.4 Å². The Hall–Kier alpha value is -1.19. The predicted molar refractivity (Wildman–Crippen MR) is 120 cm³/mol. The zero-order valence-electron chi connectivity index (χ0n) is 16.9. The van der Waals surface area contributed by atoms with E-state index in [9.17, 15) is 9.59 Å². The molecule has 28 heavy (non-hydrogen) atoms. The van der Waals surface area contributed by atoms with Gasteiger partial charge in [-0.2, -0.15) is 0 Å². The Morgan fingerprint density at radius 1 is 1.00 bits per heavy atom. The lowest BCUT2D eigenvalue weighted by molar-refractivity contribution is -0.135. The van der Waals surface area contributed by atoms with Gasteiger partial charge in [0.1, 0.15) is 0 Å². The van der Waals surface area contributed by atoms with Crippen LogP contribution in [-0.4, -0.2) is 78.9 Å². The number of likely N-dealkylation sites (tertiary alicyclic amines) is 1. The van der Waals surface area contributed by atoms with Crippen LogP contribution in [0.5, 0.6) is 0 Å². The number of benzene rings is 1. The van der Waals surface area contributed by atoms with Gasteiger partial charge in [0.15, 0.2) is 0 Å². The fraction of sp³-hybridized carbons (Fsp3) is 0.619. The molecular formula is C21H31IN4O2. The fourth-order valence-corrected chi connectivity index (χ4v) is 4.74. The first-order valence-electron chi connectivity index (χ1n) is 10.2. The van der Waals surface area contributed by atoms with Crippen LogP contribution in [0.15, 0.2) is 24.3 Å². The lowest BCUT2D eigenvalue weighted by Gasteiger charge is -2.38. The third-order valence-electron chi connectivity index (χ3n) is 5.56. The molecule has 7 heteroatoms. The Labute approximate surface area is 181 Å². The van der Waals surface area contributed by atoms with Crippen molar-refractivity contribution in [1.29, 1.82) is 0 Å². The highest BCUT2D eigenvalue weighted by Gasteiger charge is 2.27. The molecule has 1 N–H and O–H groups in total. The van der Waals surface area contributed by atoms with Crippen molar-refractivity contribution in [1.82, 2.24) is 14.7 Å². The largest absolute Gasteiger partial charge is 0.341 e. The van der Waals surface area contributed by atoms with Crippen LogP contribution >= 0.6 is 22.6 Å². The van der Waals surface area contributed by atoms with E-state index in [1.807, 2.05) is 29.2 Å². The predicted octanol–water partition coefficient (Wildman–Crippen LogP) is 2.35. The van der Waals surface area contributed by atoms with E-state index in [0.29, 0.717) is 24.9 Å². The third kappa shape index (κ3) is 6.15. The van der Waals surface area contributed by atoms with Crippen LogP contribution in [-0.2, 0) is 9.59 Å². The highest BCUT2D eigenvalue weighted by molar-refractivity contribution is 14.1. The number of piperazine rings is 1. The number of piperidine rings is 1. The maximum atomic E-state index is 12.7. The third-order valence-corrected chi connectivity index (χ3v) is 6.50. The van der Waals surface area contributed by atoms with Gasteiger partial charge >= 0.3 is 0 Å². The minimum absolute atomic E-state index is 0.0185. The first-order valence-corrected chi connectivity index (χ1v) is 11.3. The van der Waals surface area contributed by atoms with E-state index < -0.39 is 0 Å². The average molecular weight is 498 g/mol. The molecule has 3 rings (SSSR count). The van der Waals surface area contributed by atoms with Crippen LogP contribution in [0.1, 0.15) is 20.3 Å². The molecule has 0 saturated carbocycles. The molecule has 2 aliphatic heterocycles. The first kappa shape index (κ1) is 21.5. The Bertz CT molecular complexity index is 681. The van der Waals surface area contributed by atoms with Crippen molar-refractivity contribution in [3.05, 3.63) is 27.8 Å². The van der Waals surface area contributed by atoms with E-state index in [4.69, 9.17) is 0 Å². The second kappa shape index (κ2) is 10.0. The van der Waals surface area contributed by atoms with Gasteiger partial charge in [0, 0.05) is 42.8 Å². The standard InChI is InChI=1S/C21H31IN4O2/c1-16-11-17(2)13-26(12-16)21(28)15-25-9-7-24(8-10-25)14-20(27)23-19-6-4-3-5-18(19)22/h3-6,16-17H,7-15H2,1-2H3,(H,23,27)/t16-,17+. The lowest BCUT2D eigenvalue weighted by atomic mass is 9.92. The Balaban J connectivity index is 1.40. The summed E-state index contributed by atoms with van der Waals surface area (Å²) in [7, 11) is 0. The zero-order chi connectivity index (χ0) is 20.1. The summed E-state index contributed by atoms with van der Waals surface area (Å²) in [6.07, 6.45) is 1.21. The highest BCUT2D eigenvalue weighted by Crippen LogP contribution is 2.21. The number of halogens is 1. The smallest absolute Gasteiger partial charge is 0.238 e. The van der Waals surface area contributed by atoms with E-state index in [0.717, 1.165) is 48.5 Å². The molecular weight excluding hydrogens is 467 g/mol. The van der Waals surface area contributed by atoms with Crippen molar-refractivity contribution in [2.45, 2.75) is 20.3 Å². The molecule has 2 heterocycles. The van der Waals surface area contributed by atoms with Gasteiger partial charge in [-0.1, -0.05) is 26.0 Å². The van der Waals surface area contributed by atoms with Crippen molar-refractivity contribution < 1.29 is 9.59 Å². The maximum absolute atomic E-state index is 12.7. The first-order chi connectivity index (χ1) is 13.4. The molecule has 0 aliphatic carbocycles. The van der Waals surface area contributed by atoms with Gasteiger partial charge in [0.05, 0.1) is 18.8 Å². The Kier molecular flexibility index (Phi) is 7.70. The second-order valence-electron chi connectivity index (χ2n) is 8.33. The molecule has 0 spiro atoms. The van der Waals surface area contributed by atoms with E-state index in [1.54, 1.807) is 0 Å². The van der Waals surface area contributed by atoms with Gasteiger partial charge in [-0.3, -0.25) is 19.4 Å². The van der Waals surface area contributed by atoms with Gasteiger partial charge in [-0.25, -0.2) is 0 Å². The van der Waals surface area contributed by atoms with Gasteiger partial charge in [-0.15, -0.1) is 0 Å². The number of nitrogens with one attached hydrogen (secondary N) is 1. The van der Waals surface area contributed by atoms with Gasteiger partial charge in [0.25, 0.3) is 0 Å². The number of nitrogens with zero attached hydrogens (tertiary/aromatic N) is 3. The van der Waals surface area contributed by atoms with Crippen molar-refractivity contribution in [3.8, 4) is 0 Å². The van der Waals surface area contributed by atoms with Crippen LogP contribution in [0.4, 0.5) is 5.69 Å². The van der Waals surface area contributed by atoms with Crippen LogP contribution in [0.3, 0.4) is 0 Å². The molecule has 6 nitrogen and oxygen atoms in total. The summed E-state index contributed by atoms with van der Waals surface area (Å²) in [6, 6.07) is 7.79. The number of rotatable bonds is 5. The van der Waals surface area contributed by atoms with Crippen molar-refractivity contribution in [3.63, 3.8) is 0 Å². The molecule has 0 bridgehead atoms. The lowest BCUT2D eigenvalue weighted by Crippen LogP contribution is -2.52. The van der Waals surface area contributed by atoms with Crippen molar-refractivity contribution in [2.24, 2.45) is 11.8 Å². The maximum Gasteiger partial charge on any atom is 0.238 e. The van der Waals surface area contributed by atoms with Crippen molar-refractivity contribution in [2.75, 3.05) is 57.7 Å². The molecule has 0 unspecified atom stereocenters. The Morgan fingerprint density at radius 3 is 2.18 bits per heavy atom.